The van der Waals surface area contributed by atoms with Crippen molar-refractivity contribution in [1.29, 1.82) is 0 Å². The molecule has 2 amide bonds. The maximum absolute atomic E-state index is 11.8. The van der Waals surface area contributed by atoms with Crippen molar-refractivity contribution in [3.63, 3.8) is 0 Å². The van der Waals surface area contributed by atoms with Crippen LogP contribution >= 0.6 is 0 Å². The summed E-state index contributed by atoms with van der Waals surface area (Å²) < 4.78 is 5.19. The third kappa shape index (κ3) is 2.82. The highest BCUT2D eigenvalue weighted by molar-refractivity contribution is 5.74. The van der Waals surface area contributed by atoms with Gasteiger partial charge in [-0.2, -0.15) is 0 Å². The molecule has 2 aliphatic rings. The monoisotopic (exact) mass is 213 g/mol. The fraction of sp³-hybridized carbons (Fsp3) is 0.900. The van der Waals surface area contributed by atoms with Crippen molar-refractivity contribution in [1.82, 2.24) is 10.2 Å². The Hall–Kier alpha value is -0.810. The zero-order valence-corrected chi connectivity index (χ0v) is 8.95. The molecule has 0 aromatic heterocycles. The minimum Gasteiger partial charge on any atom is -0.378 e. The van der Waals surface area contributed by atoms with Gasteiger partial charge in [-0.1, -0.05) is 0 Å². The van der Waals surface area contributed by atoms with E-state index in [1.54, 1.807) is 4.90 Å². The molecule has 1 aliphatic carbocycles. The fourth-order valence-electron chi connectivity index (χ4n) is 1.88. The largest absolute Gasteiger partial charge is 0.378 e. The van der Waals surface area contributed by atoms with E-state index in [0.717, 1.165) is 0 Å². The second-order valence-corrected chi connectivity index (χ2v) is 4.23. The van der Waals surface area contributed by atoms with Gasteiger partial charge in [-0.05, 0) is 18.8 Å². The third-order valence-electron chi connectivity index (χ3n) is 3.05. The lowest BCUT2D eigenvalue weighted by Crippen LogP contribution is -2.51. The van der Waals surface area contributed by atoms with E-state index in [-0.39, 0.29) is 12.1 Å². The first-order valence-electron chi connectivity index (χ1n) is 5.64. The molecule has 0 spiro atoms. The number of carbonyl (C=O) groups is 1. The SMILES string of the molecule is NCC(NC(=O)N1CCOCC1)C1CC1. The predicted molar refractivity (Wildman–Crippen MR) is 56.5 cm³/mol. The summed E-state index contributed by atoms with van der Waals surface area (Å²) in [7, 11) is 0. The molecule has 1 atom stereocenters. The first-order chi connectivity index (χ1) is 7.31. The third-order valence-corrected chi connectivity index (χ3v) is 3.05. The average Bonchev–Trinajstić information content (AvgIpc) is 3.10. The molecule has 1 saturated carbocycles. The molecule has 2 fully saturated rings. The molecule has 86 valence electrons. The molecule has 0 bridgehead atoms. The number of nitrogens with one attached hydrogen (secondary N) is 1. The van der Waals surface area contributed by atoms with Crippen LogP contribution < -0.4 is 11.1 Å². The Bertz CT molecular complexity index is 225. The van der Waals surface area contributed by atoms with Gasteiger partial charge in [-0.15, -0.1) is 0 Å². The van der Waals surface area contributed by atoms with Crippen molar-refractivity contribution in [3.8, 4) is 0 Å². The number of rotatable bonds is 3. The Labute approximate surface area is 89.9 Å². The number of nitrogens with two attached hydrogens (primary N) is 1. The summed E-state index contributed by atoms with van der Waals surface area (Å²) in [4.78, 5) is 13.6. The number of ether oxygens (including phenoxy) is 1. The minimum atomic E-state index is 0.0145. The van der Waals surface area contributed by atoms with Crippen molar-refractivity contribution in [2.24, 2.45) is 11.7 Å². The number of urea groups is 1. The van der Waals surface area contributed by atoms with Crippen LogP contribution in [0.4, 0.5) is 4.79 Å². The van der Waals surface area contributed by atoms with Crippen LogP contribution in [0.3, 0.4) is 0 Å². The molecule has 1 aliphatic heterocycles. The second-order valence-electron chi connectivity index (χ2n) is 4.23. The summed E-state index contributed by atoms with van der Waals surface area (Å²) in [6, 6.07) is 0.181. The van der Waals surface area contributed by atoms with Crippen molar-refractivity contribution < 1.29 is 9.53 Å². The highest BCUT2D eigenvalue weighted by Crippen LogP contribution is 2.32. The van der Waals surface area contributed by atoms with Crippen molar-refractivity contribution >= 4 is 6.03 Å². The predicted octanol–water partition coefficient (Wildman–Crippen LogP) is -0.234. The lowest BCUT2D eigenvalue weighted by atomic mass is 10.2. The lowest BCUT2D eigenvalue weighted by Gasteiger charge is -2.29. The number of nitrogens with zero attached hydrogens (tertiary/aromatic N) is 1. The molecule has 15 heavy (non-hydrogen) atoms. The summed E-state index contributed by atoms with van der Waals surface area (Å²) >= 11 is 0. The Kier molecular flexibility index (Phi) is 3.43. The highest BCUT2D eigenvalue weighted by Gasteiger charge is 2.32. The highest BCUT2D eigenvalue weighted by atomic mass is 16.5. The molecule has 5 nitrogen and oxygen atoms in total. The Balaban J connectivity index is 1.78. The van der Waals surface area contributed by atoms with E-state index in [9.17, 15) is 4.79 Å². The molecule has 2 rings (SSSR count). The first-order valence-corrected chi connectivity index (χ1v) is 5.64. The topological polar surface area (TPSA) is 67.6 Å². The zero-order chi connectivity index (χ0) is 10.7. The van der Waals surface area contributed by atoms with E-state index in [2.05, 4.69) is 5.32 Å². The van der Waals surface area contributed by atoms with Crippen LogP contribution in [-0.4, -0.2) is 49.8 Å². The number of hydrogen-bond acceptors (Lipinski definition) is 3. The Morgan fingerprint density at radius 1 is 1.47 bits per heavy atom. The molecule has 1 heterocycles. The van der Waals surface area contributed by atoms with E-state index >= 15 is 0 Å². The van der Waals surface area contributed by atoms with Crippen LogP contribution in [0.5, 0.6) is 0 Å². The molecular weight excluding hydrogens is 194 g/mol. The van der Waals surface area contributed by atoms with Gasteiger partial charge in [-0.3, -0.25) is 0 Å². The van der Waals surface area contributed by atoms with Crippen molar-refractivity contribution in [2.45, 2.75) is 18.9 Å². The van der Waals surface area contributed by atoms with E-state index in [0.29, 0.717) is 38.8 Å². The van der Waals surface area contributed by atoms with E-state index in [1.165, 1.54) is 12.8 Å². The summed E-state index contributed by atoms with van der Waals surface area (Å²) in [5, 5.41) is 3.00. The van der Waals surface area contributed by atoms with Crippen LogP contribution in [-0.2, 0) is 4.74 Å². The molecule has 0 aromatic rings. The number of hydrogen-bond donors (Lipinski definition) is 2. The maximum atomic E-state index is 11.8. The Morgan fingerprint density at radius 2 is 2.13 bits per heavy atom. The van der Waals surface area contributed by atoms with Crippen LogP contribution in [0.25, 0.3) is 0 Å². The molecule has 1 unspecified atom stereocenters. The summed E-state index contributed by atoms with van der Waals surface area (Å²) in [6.07, 6.45) is 2.40. The van der Waals surface area contributed by atoms with Gasteiger partial charge in [0.2, 0.25) is 0 Å². The maximum Gasteiger partial charge on any atom is 0.317 e. The summed E-state index contributed by atoms with van der Waals surface area (Å²) in [6.45, 7) is 3.20. The van der Waals surface area contributed by atoms with Gasteiger partial charge < -0.3 is 20.7 Å². The molecule has 1 saturated heterocycles. The van der Waals surface area contributed by atoms with Crippen LogP contribution in [0.1, 0.15) is 12.8 Å². The molecule has 5 heteroatoms. The molecule has 0 aromatic carbocycles. The van der Waals surface area contributed by atoms with Crippen molar-refractivity contribution in [3.05, 3.63) is 0 Å². The lowest BCUT2D eigenvalue weighted by molar-refractivity contribution is 0.0524. The van der Waals surface area contributed by atoms with Gasteiger partial charge in [0.05, 0.1) is 13.2 Å². The van der Waals surface area contributed by atoms with Crippen LogP contribution in [0, 0.1) is 5.92 Å². The smallest absolute Gasteiger partial charge is 0.317 e. The first kappa shape index (κ1) is 10.7. The standard InChI is InChI=1S/C10H19N3O2/c11-7-9(8-1-2-8)12-10(14)13-3-5-15-6-4-13/h8-9H,1-7,11H2,(H,12,14). The van der Waals surface area contributed by atoms with Gasteiger partial charge in [0.15, 0.2) is 0 Å². The van der Waals surface area contributed by atoms with E-state index in [1.807, 2.05) is 0 Å². The summed E-state index contributed by atoms with van der Waals surface area (Å²) in [5.74, 6) is 0.611. The van der Waals surface area contributed by atoms with E-state index < -0.39 is 0 Å². The zero-order valence-electron chi connectivity index (χ0n) is 8.95. The second kappa shape index (κ2) is 4.81. The van der Waals surface area contributed by atoms with Gasteiger partial charge in [0, 0.05) is 25.7 Å². The number of amides is 2. The van der Waals surface area contributed by atoms with Crippen LogP contribution in [0.2, 0.25) is 0 Å². The molecule has 0 radical (unpaired) electrons. The minimum absolute atomic E-state index is 0.0145. The van der Waals surface area contributed by atoms with Gasteiger partial charge >= 0.3 is 6.03 Å². The quantitative estimate of drug-likeness (QED) is 0.680. The van der Waals surface area contributed by atoms with Crippen molar-refractivity contribution in [2.75, 3.05) is 32.8 Å². The van der Waals surface area contributed by atoms with Gasteiger partial charge in [-0.25, -0.2) is 4.79 Å². The fourth-order valence-corrected chi connectivity index (χ4v) is 1.88. The normalized spacial score (nSPS) is 23.7. The number of carbonyl (C=O) groups excluding carboxylic acids is 1. The Morgan fingerprint density at radius 3 is 2.67 bits per heavy atom. The average molecular weight is 213 g/mol. The molecule has 3 N–H and O–H groups in total. The summed E-state index contributed by atoms with van der Waals surface area (Å²) in [5.41, 5.74) is 5.63. The van der Waals surface area contributed by atoms with Crippen LogP contribution in [0.15, 0.2) is 0 Å². The van der Waals surface area contributed by atoms with Gasteiger partial charge in [0.25, 0.3) is 0 Å². The molecular formula is C10H19N3O2. The van der Waals surface area contributed by atoms with E-state index in [4.69, 9.17) is 10.5 Å². The number of morpholine rings is 1. The van der Waals surface area contributed by atoms with Gasteiger partial charge in [0.1, 0.15) is 0 Å².